The van der Waals surface area contributed by atoms with E-state index in [9.17, 15) is 5.11 Å². The van der Waals surface area contributed by atoms with Crippen molar-refractivity contribution >= 4 is 0 Å². The average molecular weight is 174 g/mol. The molecule has 0 heterocycles. The van der Waals surface area contributed by atoms with Gasteiger partial charge in [-0.15, -0.1) is 6.42 Å². The number of benzene rings is 1. The molecule has 0 spiro atoms. The molecule has 13 heavy (non-hydrogen) atoms. The van der Waals surface area contributed by atoms with Crippen molar-refractivity contribution in [1.82, 2.24) is 0 Å². The maximum atomic E-state index is 9.66. The first kappa shape index (κ1) is 9.67. The Bertz CT molecular complexity index is 356. The molecule has 0 aliphatic heterocycles. The summed E-state index contributed by atoms with van der Waals surface area (Å²) >= 11 is 0. The van der Waals surface area contributed by atoms with Gasteiger partial charge in [0.25, 0.3) is 0 Å². The normalized spacial score (nSPS) is 10.9. The molecule has 1 N–H and O–H groups in total. The van der Waals surface area contributed by atoms with Crippen molar-refractivity contribution in [3.8, 4) is 18.1 Å². The van der Waals surface area contributed by atoms with Crippen LogP contribution in [0.1, 0.15) is 25.0 Å². The summed E-state index contributed by atoms with van der Waals surface area (Å²) in [6.45, 7) is 5.77. The summed E-state index contributed by atoms with van der Waals surface area (Å²) in [6, 6.07) is 5.56. The average Bonchev–Trinajstić information content (AvgIpc) is 2.03. The van der Waals surface area contributed by atoms with Gasteiger partial charge in [-0.2, -0.15) is 0 Å². The minimum atomic E-state index is -0.405. The molecule has 1 aromatic rings. The summed E-state index contributed by atoms with van der Waals surface area (Å²) in [6.07, 6.45) is 5.38. The van der Waals surface area contributed by atoms with Gasteiger partial charge in [0.1, 0.15) is 5.75 Å². The highest BCUT2D eigenvalue weighted by molar-refractivity contribution is 5.44. The molecule has 1 rings (SSSR count). The molecule has 0 aromatic heterocycles. The zero-order valence-electron chi connectivity index (χ0n) is 8.26. The molecule has 68 valence electrons. The first-order valence-electron chi connectivity index (χ1n) is 4.25. The molecule has 0 saturated carbocycles. The van der Waals surface area contributed by atoms with Gasteiger partial charge in [-0.3, -0.25) is 0 Å². The molecule has 1 heteroatoms. The van der Waals surface area contributed by atoms with Gasteiger partial charge in [0, 0.05) is 5.56 Å². The van der Waals surface area contributed by atoms with Gasteiger partial charge < -0.3 is 5.11 Å². The third-order valence-corrected chi connectivity index (χ3v) is 2.19. The molecule has 0 fully saturated rings. The van der Waals surface area contributed by atoms with Crippen LogP contribution in [0.4, 0.5) is 0 Å². The lowest BCUT2D eigenvalue weighted by molar-refractivity contribution is 0.457. The van der Waals surface area contributed by atoms with E-state index >= 15 is 0 Å². The van der Waals surface area contributed by atoms with Crippen LogP contribution in [0.3, 0.4) is 0 Å². The van der Waals surface area contributed by atoms with Gasteiger partial charge in [-0.25, -0.2) is 0 Å². The fraction of sp³-hybridized carbons (Fsp3) is 0.333. The van der Waals surface area contributed by atoms with E-state index < -0.39 is 5.41 Å². The first-order chi connectivity index (χ1) is 5.97. The second-order valence-electron chi connectivity index (χ2n) is 3.79. The maximum absolute atomic E-state index is 9.66. The molecule has 1 aromatic carbocycles. The van der Waals surface area contributed by atoms with E-state index in [-0.39, 0.29) is 5.75 Å². The predicted molar refractivity (Wildman–Crippen MR) is 54.7 cm³/mol. The van der Waals surface area contributed by atoms with Gasteiger partial charge in [0.05, 0.1) is 5.41 Å². The quantitative estimate of drug-likeness (QED) is 0.649. The number of phenols is 1. The lowest BCUT2D eigenvalue weighted by Gasteiger charge is -2.19. The van der Waals surface area contributed by atoms with Crippen LogP contribution >= 0.6 is 0 Å². The van der Waals surface area contributed by atoms with E-state index in [1.807, 2.05) is 32.9 Å². The predicted octanol–water partition coefficient (Wildman–Crippen LogP) is 2.61. The molecule has 0 radical (unpaired) electrons. The van der Waals surface area contributed by atoms with E-state index in [1.54, 1.807) is 6.07 Å². The smallest absolute Gasteiger partial charge is 0.120 e. The number of hydrogen-bond acceptors (Lipinski definition) is 1. The summed E-state index contributed by atoms with van der Waals surface area (Å²) in [5, 5.41) is 9.66. The summed E-state index contributed by atoms with van der Waals surface area (Å²) in [7, 11) is 0. The van der Waals surface area contributed by atoms with E-state index in [4.69, 9.17) is 6.42 Å². The number of phenolic OH excluding ortho intramolecular Hbond substituents is 1. The van der Waals surface area contributed by atoms with Gasteiger partial charge >= 0.3 is 0 Å². The van der Waals surface area contributed by atoms with Crippen molar-refractivity contribution in [3.63, 3.8) is 0 Å². The fourth-order valence-corrected chi connectivity index (χ4v) is 1.25. The van der Waals surface area contributed by atoms with Crippen molar-refractivity contribution in [2.45, 2.75) is 26.2 Å². The highest BCUT2D eigenvalue weighted by atomic mass is 16.3. The van der Waals surface area contributed by atoms with Crippen molar-refractivity contribution in [1.29, 1.82) is 0 Å². The zero-order valence-corrected chi connectivity index (χ0v) is 8.26. The highest BCUT2D eigenvalue weighted by Crippen LogP contribution is 2.30. The molecule has 0 amide bonds. The van der Waals surface area contributed by atoms with Crippen LogP contribution < -0.4 is 0 Å². The van der Waals surface area contributed by atoms with Crippen molar-refractivity contribution in [2.24, 2.45) is 0 Å². The minimum absolute atomic E-state index is 0.281. The second kappa shape index (κ2) is 3.14. The molecule has 0 aliphatic carbocycles. The Morgan fingerprint density at radius 1 is 1.38 bits per heavy atom. The Balaban J connectivity index is 3.26. The highest BCUT2D eigenvalue weighted by Gasteiger charge is 2.20. The van der Waals surface area contributed by atoms with Crippen molar-refractivity contribution in [3.05, 3.63) is 29.3 Å². The molecule has 1 nitrogen and oxygen atoms in total. The lowest BCUT2D eigenvalue weighted by Crippen LogP contribution is -2.13. The Morgan fingerprint density at radius 3 is 2.46 bits per heavy atom. The molecular weight excluding hydrogens is 160 g/mol. The van der Waals surface area contributed by atoms with Crippen LogP contribution in [0.5, 0.6) is 5.75 Å². The minimum Gasteiger partial charge on any atom is -0.508 e. The molecule has 0 atom stereocenters. The standard InChI is InChI=1S/C12H14O/c1-5-12(3,4)10-7-6-9(2)8-11(10)13/h1,6-8,13H,2-4H3. The van der Waals surface area contributed by atoms with Crippen molar-refractivity contribution < 1.29 is 5.11 Å². The van der Waals surface area contributed by atoms with Crippen LogP contribution in [0.15, 0.2) is 18.2 Å². The summed E-state index contributed by atoms with van der Waals surface area (Å²) < 4.78 is 0. The first-order valence-corrected chi connectivity index (χ1v) is 4.25. The summed E-state index contributed by atoms with van der Waals surface area (Å²) in [5.41, 5.74) is 1.44. The fourth-order valence-electron chi connectivity index (χ4n) is 1.25. The number of rotatable bonds is 1. The molecular formula is C12H14O. The Morgan fingerprint density at radius 2 is 2.00 bits per heavy atom. The Kier molecular flexibility index (Phi) is 2.34. The largest absolute Gasteiger partial charge is 0.508 e. The zero-order chi connectivity index (χ0) is 10.1. The SMILES string of the molecule is C#CC(C)(C)c1ccc(C)cc1O. The summed E-state index contributed by atoms with van der Waals surface area (Å²) in [4.78, 5) is 0. The van der Waals surface area contributed by atoms with Gasteiger partial charge in [0.15, 0.2) is 0 Å². The van der Waals surface area contributed by atoms with Crippen LogP contribution in [-0.4, -0.2) is 5.11 Å². The maximum Gasteiger partial charge on any atom is 0.120 e. The van der Waals surface area contributed by atoms with Crippen LogP contribution in [0, 0.1) is 19.3 Å². The number of terminal acetylenes is 1. The van der Waals surface area contributed by atoms with Crippen LogP contribution in [-0.2, 0) is 5.41 Å². The number of hydrogen-bond donors (Lipinski definition) is 1. The summed E-state index contributed by atoms with van der Waals surface area (Å²) in [5.74, 6) is 2.94. The Hall–Kier alpha value is -1.42. The van der Waals surface area contributed by atoms with Gasteiger partial charge in [-0.05, 0) is 32.4 Å². The number of aromatic hydroxyl groups is 1. The molecule has 0 aliphatic rings. The molecule has 0 unspecified atom stereocenters. The van der Waals surface area contributed by atoms with Gasteiger partial charge in [0.2, 0.25) is 0 Å². The third kappa shape index (κ3) is 1.84. The second-order valence-corrected chi connectivity index (χ2v) is 3.79. The molecule has 0 bridgehead atoms. The molecule has 0 saturated heterocycles. The van der Waals surface area contributed by atoms with E-state index in [1.165, 1.54) is 0 Å². The monoisotopic (exact) mass is 174 g/mol. The van der Waals surface area contributed by atoms with E-state index in [0.717, 1.165) is 11.1 Å². The van der Waals surface area contributed by atoms with Crippen LogP contribution in [0.2, 0.25) is 0 Å². The lowest BCUT2D eigenvalue weighted by atomic mass is 9.84. The van der Waals surface area contributed by atoms with Crippen molar-refractivity contribution in [2.75, 3.05) is 0 Å². The topological polar surface area (TPSA) is 20.2 Å². The number of aryl methyl sites for hydroxylation is 1. The van der Waals surface area contributed by atoms with E-state index in [0.29, 0.717) is 0 Å². The Labute approximate surface area is 79.4 Å². The van der Waals surface area contributed by atoms with E-state index in [2.05, 4.69) is 5.92 Å². The van der Waals surface area contributed by atoms with Crippen LogP contribution in [0.25, 0.3) is 0 Å². The third-order valence-electron chi connectivity index (χ3n) is 2.19. The van der Waals surface area contributed by atoms with Gasteiger partial charge in [-0.1, -0.05) is 18.1 Å².